The highest BCUT2D eigenvalue weighted by Gasteiger charge is 2.20. The van der Waals surface area contributed by atoms with Gasteiger partial charge in [-0.25, -0.2) is 0 Å². The second-order valence-electron chi connectivity index (χ2n) is 6.94. The van der Waals surface area contributed by atoms with E-state index in [4.69, 9.17) is 8.92 Å². The topological polar surface area (TPSA) is 42.2 Å². The number of benzene rings is 3. The largest absolute Gasteiger partial charge is 0.374 e. The van der Waals surface area contributed by atoms with E-state index in [0.29, 0.717) is 19.6 Å². The monoisotopic (exact) mass is 403 g/mol. The van der Waals surface area contributed by atoms with Gasteiger partial charge in [-0.2, -0.15) is 5.26 Å². The van der Waals surface area contributed by atoms with Crippen LogP contribution in [-0.4, -0.2) is 12.7 Å². The molecule has 3 aromatic rings. The Labute approximate surface area is 177 Å². The average Bonchev–Trinajstić information content (AvgIpc) is 2.77. The summed E-state index contributed by atoms with van der Waals surface area (Å²) in [6.07, 6.45) is 0.378. The molecule has 0 radical (unpaired) electrons. The summed E-state index contributed by atoms with van der Waals surface area (Å²) in [5.41, 5.74) is 3.34. The molecule has 0 heterocycles. The van der Waals surface area contributed by atoms with Crippen LogP contribution in [0.2, 0.25) is 0 Å². The van der Waals surface area contributed by atoms with Gasteiger partial charge in [0.2, 0.25) is 0 Å². The Morgan fingerprint density at radius 3 is 2.21 bits per heavy atom. The van der Waals surface area contributed by atoms with Gasteiger partial charge < -0.3 is 8.92 Å². The molecule has 1 unspecified atom stereocenters. The van der Waals surface area contributed by atoms with Crippen LogP contribution in [0.1, 0.15) is 29.0 Å². The zero-order chi connectivity index (χ0) is 20.3. The van der Waals surface area contributed by atoms with Crippen molar-refractivity contribution in [1.29, 1.82) is 5.26 Å². The van der Waals surface area contributed by atoms with E-state index in [1.54, 1.807) is 0 Å². The lowest BCUT2D eigenvalue weighted by Crippen LogP contribution is -2.20. The molecule has 148 valence electrons. The number of ether oxygens (including phenoxy) is 1. The molecule has 29 heavy (non-hydrogen) atoms. The molecule has 3 aromatic carbocycles. The van der Waals surface area contributed by atoms with Gasteiger partial charge in [0, 0.05) is 16.9 Å². The summed E-state index contributed by atoms with van der Waals surface area (Å²) < 4.78 is 12.0. The van der Waals surface area contributed by atoms with Crippen molar-refractivity contribution >= 4 is 12.0 Å². The third-order valence-corrected chi connectivity index (χ3v) is 5.41. The summed E-state index contributed by atoms with van der Waals surface area (Å²) in [6.45, 7) is 3.02. The SMILES string of the molecule is Cc1ccc(SO[C@@H](COCc2ccccc2)CC(C#N)c2ccccc2)cc1. The van der Waals surface area contributed by atoms with E-state index in [2.05, 4.69) is 25.1 Å². The minimum atomic E-state index is -0.236. The fourth-order valence-corrected chi connectivity index (χ4v) is 3.58. The van der Waals surface area contributed by atoms with Crippen molar-refractivity contribution in [2.75, 3.05) is 6.61 Å². The minimum Gasteiger partial charge on any atom is -0.374 e. The minimum absolute atomic E-state index is 0.199. The Bertz CT molecular complexity index is 892. The fourth-order valence-electron chi connectivity index (χ4n) is 2.95. The molecule has 0 aliphatic heterocycles. The van der Waals surface area contributed by atoms with Crippen LogP contribution in [0.25, 0.3) is 0 Å². The van der Waals surface area contributed by atoms with Crippen LogP contribution in [0.15, 0.2) is 89.8 Å². The quantitative estimate of drug-likeness (QED) is 0.372. The molecule has 2 atom stereocenters. The average molecular weight is 404 g/mol. The van der Waals surface area contributed by atoms with E-state index in [1.165, 1.54) is 17.6 Å². The maximum atomic E-state index is 9.69. The summed E-state index contributed by atoms with van der Waals surface area (Å²) in [4.78, 5) is 1.04. The molecule has 0 spiro atoms. The third kappa shape index (κ3) is 7.07. The van der Waals surface area contributed by atoms with Gasteiger partial charge in [0.15, 0.2) is 0 Å². The molecule has 0 aromatic heterocycles. The first-order chi connectivity index (χ1) is 14.2. The van der Waals surface area contributed by atoms with Gasteiger partial charge in [-0.05, 0) is 36.6 Å². The smallest absolute Gasteiger partial charge is 0.0975 e. The molecule has 0 aliphatic carbocycles. The van der Waals surface area contributed by atoms with E-state index >= 15 is 0 Å². The van der Waals surface area contributed by atoms with Crippen molar-refractivity contribution < 1.29 is 8.92 Å². The summed E-state index contributed by atoms with van der Waals surface area (Å²) in [5, 5.41) is 9.69. The van der Waals surface area contributed by atoms with Crippen molar-refractivity contribution in [2.45, 2.75) is 36.9 Å². The predicted molar refractivity (Wildman–Crippen MR) is 117 cm³/mol. The molecule has 0 saturated carbocycles. The van der Waals surface area contributed by atoms with Crippen molar-refractivity contribution in [2.24, 2.45) is 0 Å². The molecule has 0 saturated heterocycles. The first-order valence-electron chi connectivity index (χ1n) is 9.71. The number of nitrogens with zero attached hydrogens (tertiary/aromatic N) is 1. The molecular formula is C25H25NO2S. The van der Waals surface area contributed by atoms with E-state index < -0.39 is 0 Å². The van der Waals surface area contributed by atoms with Crippen molar-refractivity contribution in [1.82, 2.24) is 0 Å². The van der Waals surface area contributed by atoms with Gasteiger partial charge in [0.05, 0.1) is 31.3 Å². The number of hydrogen-bond donors (Lipinski definition) is 0. The zero-order valence-electron chi connectivity index (χ0n) is 16.5. The Hall–Kier alpha value is -2.58. The zero-order valence-corrected chi connectivity index (χ0v) is 17.3. The maximum absolute atomic E-state index is 9.69. The fraction of sp³-hybridized carbons (Fsp3) is 0.240. The number of aryl methyl sites for hydroxylation is 1. The van der Waals surface area contributed by atoms with Gasteiger partial charge in [0.1, 0.15) is 0 Å². The highest BCUT2D eigenvalue weighted by Crippen LogP contribution is 2.27. The first kappa shape index (κ1) is 21.1. The van der Waals surface area contributed by atoms with Crippen LogP contribution in [0, 0.1) is 18.3 Å². The van der Waals surface area contributed by atoms with E-state index in [0.717, 1.165) is 16.0 Å². The van der Waals surface area contributed by atoms with Crippen molar-refractivity contribution in [3.63, 3.8) is 0 Å². The molecule has 3 nitrogen and oxygen atoms in total. The van der Waals surface area contributed by atoms with Crippen molar-refractivity contribution in [3.8, 4) is 6.07 Å². The van der Waals surface area contributed by atoms with Gasteiger partial charge >= 0.3 is 0 Å². The lowest BCUT2D eigenvalue weighted by molar-refractivity contribution is 0.0455. The second kappa shape index (κ2) is 11.4. The van der Waals surface area contributed by atoms with E-state index in [1.807, 2.05) is 72.8 Å². The third-order valence-electron chi connectivity index (χ3n) is 4.57. The van der Waals surface area contributed by atoms with Crippen LogP contribution >= 0.6 is 12.0 Å². The number of rotatable bonds is 10. The molecule has 4 heteroatoms. The maximum Gasteiger partial charge on any atom is 0.0975 e. The van der Waals surface area contributed by atoms with Gasteiger partial charge in [-0.15, -0.1) is 0 Å². The molecule has 0 amide bonds. The first-order valence-corrected chi connectivity index (χ1v) is 10.4. The normalized spacial score (nSPS) is 12.8. The van der Waals surface area contributed by atoms with E-state index in [9.17, 15) is 5.26 Å². The van der Waals surface area contributed by atoms with Crippen molar-refractivity contribution in [3.05, 3.63) is 102 Å². The molecule has 3 rings (SSSR count). The Kier molecular flexibility index (Phi) is 8.33. The van der Waals surface area contributed by atoms with Crippen LogP contribution in [-0.2, 0) is 15.5 Å². The Morgan fingerprint density at radius 2 is 1.55 bits per heavy atom. The predicted octanol–water partition coefficient (Wildman–Crippen LogP) is 6.30. The van der Waals surface area contributed by atoms with Crippen LogP contribution in [0.4, 0.5) is 0 Å². The second-order valence-corrected chi connectivity index (χ2v) is 7.77. The molecule has 0 N–H and O–H groups in total. The summed E-state index contributed by atoms with van der Waals surface area (Å²) in [6, 6.07) is 30.6. The van der Waals surface area contributed by atoms with Gasteiger partial charge in [0.25, 0.3) is 0 Å². The Morgan fingerprint density at radius 1 is 0.897 bits per heavy atom. The lowest BCUT2D eigenvalue weighted by atomic mass is 9.95. The molecule has 0 bridgehead atoms. The highest BCUT2D eigenvalue weighted by atomic mass is 32.2. The van der Waals surface area contributed by atoms with Gasteiger partial charge in [-0.3, -0.25) is 0 Å². The summed E-state index contributed by atoms with van der Waals surface area (Å²) in [7, 11) is 0. The molecular weight excluding hydrogens is 378 g/mol. The van der Waals surface area contributed by atoms with E-state index in [-0.39, 0.29) is 12.0 Å². The van der Waals surface area contributed by atoms with Crippen LogP contribution in [0.3, 0.4) is 0 Å². The van der Waals surface area contributed by atoms with Crippen LogP contribution < -0.4 is 0 Å². The molecule has 0 fully saturated rings. The van der Waals surface area contributed by atoms with Crippen LogP contribution in [0.5, 0.6) is 0 Å². The molecule has 0 aliphatic rings. The van der Waals surface area contributed by atoms with Gasteiger partial charge in [-0.1, -0.05) is 78.4 Å². The number of nitriles is 1. The summed E-state index contributed by atoms with van der Waals surface area (Å²) in [5.74, 6) is -0.236. The lowest BCUT2D eigenvalue weighted by Gasteiger charge is -2.20. The standard InChI is InChI=1S/C25H25NO2S/c1-20-12-14-25(15-13-20)29-28-24(19-27-18-21-8-4-2-5-9-21)16-23(17-26)22-10-6-3-7-11-22/h2-15,23-24H,16,18-19H2,1H3/t23?,24-/m1/s1. The number of hydrogen-bond acceptors (Lipinski definition) is 4. The Balaban J connectivity index is 1.62. The summed E-state index contributed by atoms with van der Waals surface area (Å²) >= 11 is 1.34. The highest BCUT2D eigenvalue weighted by molar-refractivity contribution is 7.94.